The molecule has 17 heavy (non-hydrogen) atoms. The van der Waals surface area contributed by atoms with Crippen molar-refractivity contribution in [2.75, 3.05) is 6.54 Å². The van der Waals surface area contributed by atoms with Crippen LogP contribution in [0.3, 0.4) is 0 Å². The summed E-state index contributed by atoms with van der Waals surface area (Å²) in [6.45, 7) is 0.328. The molecule has 1 aliphatic heterocycles. The normalized spacial score (nSPS) is 24.4. The van der Waals surface area contributed by atoms with Gasteiger partial charge in [0, 0.05) is 13.0 Å². The van der Waals surface area contributed by atoms with Crippen molar-refractivity contribution >= 4 is 15.9 Å². The Hall–Kier alpha value is -1.21. The molecule has 0 amide bonds. The fourth-order valence-electron chi connectivity index (χ4n) is 1.79. The smallest absolute Gasteiger partial charge is 0.244 e. The summed E-state index contributed by atoms with van der Waals surface area (Å²) >= 11 is 3.20. The molecule has 2 aromatic heterocycles. The summed E-state index contributed by atoms with van der Waals surface area (Å²) in [5.74, 6) is 1.28. The first-order chi connectivity index (χ1) is 8.22. The second-order valence-corrected chi connectivity index (χ2v) is 4.64. The SMILES string of the molecule is F[C@@H]1CN[C@@H](c2nc(-c3ccc(Br)o3)no2)C1. The van der Waals surface area contributed by atoms with Crippen LogP contribution >= 0.6 is 15.9 Å². The minimum absolute atomic E-state index is 0.204. The molecule has 3 heterocycles. The molecule has 90 valence electrons. The molecule has 7 heteroatoms. The summed E-state index contributed by atoms with van der Waals surface area (Å²) in [5.41, 5.74) is 0. The van der Waals surface area contributed by atoms with Crippen LogP contribution in [0.5, 0.6) is 0 Å². The van der Waals surface area contributed by atoms with Crippen LogP contribution in [-0.4, -0.2) is 22.9 Å². The van der Waals surface area contributed by atoms with E-state index in [-0.39, 0.29) is 6.04 Å². The largest absolute Gasteiger partial charge is 0.446 e. The molecule has 1 N–H and O–H groups in total. The molecule has 0 spiro atoms. The van der Waals surface area contributed by atoms with E-state index in [1.54, 1.807) is 12.1 Å². The molecular weight excluding hydrogens is 293 g/mol. The third kappa shape index (κ3) is 2.12. The topological polar surface area (TPSA) is 64.1 Å². The van der Waals surface area contributed by atoms with Gasteiger partial charge >= 0.3 is 0 Å². The van der Waals surface area contributed by atoms with Gasteiger partial charge in [0.05, 0.1) is 6.04 Å². The van der Waals surface area contributed by atoms with Crippen molar-refractivity contribution in [1.29, 1.82) is 0 Å². The summed E-state index contributed by atoms with van der Waals surface area (Å²) in [4.78, 5) is 4.19. The van der Waals surface area contributed by atoms with Gasteiger partial charge in [0.2, 0.25) is 11.7 Å². The van der Waals surface area contributed by atoms with Gasteiger partial charge < -0.3 is 14.3 Å². The second kappa shape index (κ2) is 4.23. The zero-order valence-electron chi connectivity index (χ0n) is 8.69. The summed E-state index contributed by atoms with van der Waals surface area (Å²) in [6.07, 6.45) is -0.489. The van der Waals surface area contributed by atoms with E-state index in [0.29, 0.717) is 35.1 Å². The second-order valence-electron chi connectivity index (χ2n) is 3.85. The predicted octanol–water partition coefficient (Wildman–Crippen LogP) is 2.46. The van der Waals surface area contributed by atoms with Crippen LogP contribution in [0, 0.1) is 0 Å². The van der Waals surface area contributed by atoms with Crippen LogP contribution in [-0.2, 0) is 0 Å². The van der Waals surface area contributed by atoms with E-state index in [1.807, 2.05) is 0 Å². The molecule has 0 radical (unpaired) electrons. The zero-order valence-corrected chi connectivity index (χ0v) is 10.3. The van der Waals surface area contributed by atoms with Gasteiger partial charge in [0.1, 0.15) is 6.17 Å². The molecule has 0 bridgehead atoms. The molecule has 1 saturated heterocycles. The van der Waals surface area contributed by atoms with E-state index in [1.165, 1.54) is 0 Å². The summed E-state index contributed by atoms with van der Waals surface area (Å²) < 4.78 is 24.0. The highest BCUT2D eigenvalue weighted by Crippen LogP contribution is 2.27. The van der Waals surface area contributed by atoms with E-state index < -0.39 is 6.17 Å². The molecule has 3 rings (SSSR count). The lowest BCUT2D eigenvalue weighted by Crippen LogP contribution is -2.14. The van der Waals surface area contributed by atoms with Gasteiger partial charge in [-0.2, -0.15) is 4.98 Å². The van der Waals surface area contributed by atoms with E-state index >= 15 is 0 Å². The number of rotatable bonds is 2. The van der Waals surface area contributed by atoms with Gasteiger partial charge in [-0.15, -0.1) is 0 Å². The Labute approximate surface area is 105 Å². The molecule has 0 unspecified atom stereocenters. The molecular formula is C10H9BrFN3O2. The van der Waals surface area contributed by atoms with Crippen LogP contribution < -0.4 is 5.32 Å². The van der Waals surface area contributed by atoms with Crippen LogP contribution in [0.4, 0.5) is 4.39 Å². The fourth-order valence-corrected chi connectivity index (χ4v) is 2.10. The molecule has 0 aromatic carbocycles. The van der Waals surface area contributed by atoms with Gasteiger partial charge in [-0.1, -0.05) is 5.16 Å². The number of hydrogen-bond donors (Lipinski definition) is 1. The number of furan rings is 1. The third-order valence-electron chi connectivity index (χ3n) is 2.61. The Morgan fingerprint density at radius 3 is 3.00 bits per heavy atom. The molecule has 2 aromatic rings. The highest BCUT2D eigenvalue weighted by atomic mass is 79.9. The maximum atomic E-state index is 13.0. The minimum Gasteiger partial charge on any atom is -0.446 e. The van der Waals surface area contributed by atoms with Crippen molar-refractivity contribution < 1.29 is 13.3 Å². The predicted molar refractivity (Wildman–Crippen MR) is 60.0 cm³/mol. The fraction of sp³-hybridized carbons (Fsp3) is 0.400. The van der Waals surface area contributed by atoms with Crippen molar-refractivity contribution in [1.82, 2.24) is 15.5 Å². The van der Waals surface area contributed by atoms with Gasteiger partial charge in [0.25, 0.3) is 0 Å². The standard InChI is InChI=1S/C10H9BrFN3O2/c11-8-2-1-7(16-8)9-14-10(17-15-9)6-3-5(12)4-13-6/h1-2,5-6,13H,3-4H2/t5-,6+/m0/s1. The van der Waals surface area contributed by atoms with E-state index in [4.69, 9.17) is 8.94 Å². The molecule has 0 saturated carbocycles. The Balaban J connectivity index is 1.83. The summed E-state index contributed by atoms with van der Waals surface area (Å²) in [6, 6.07) is 3.28. The van der Waals surface area contributed by atoms with Crippen molar-refractivity contribution in [3.05, 3.63) is 22.7 Å². The Morgan fingerprint density at radius 1 is 1.47 bits per heavy atom. The average Bonchev–Trinajstić information content (AvgIpc) is 2.96. The summed E-state index contributed by atoms with van der Waals surface area (Å²) in [5, 5.41) is 6.79. The summed E-state index contributed by atoms with van der Waals surface area (Å²) in [7, 11) is 0. The number of nitrogens with zero attached hydrogens (tertiary/aromatic N) is 2. The van der Waals surface area contributed by atoms with Gasteiger partial charge in [-0.3, -0.25) is 0 Å². The van der Waals surface area contributed by atoms with E-state index in [0.717, 1.165) is 0 Å². The number of hydrogen-bond acceptors (Lipinski definition) is 5. The van der Waals surface area contributed by atoms with Crippen molar-refractivity contribution in [2.45, 2.75) is 18.6 Å². The first-order valence-corrected chi connectivity index (χ1v) is 5.98. The number of aromatic nitrogens is 2. The van der Waals surface area contributed by atoms with Gasteiger partial charge in [-0.25, -0.2) is 4.39 Å². The third-order valence-corrected chi connectivity index (χ3v) is 3.04. The maximum Gasteiger partial charge on any atom is 0.244 e. The van der Waals surface area contributed by atoms with Crippen LogP contribution in [0.15, 0.2) is 25.7 Å². The molecule has 2 atom stereocenters. The Bertz CT molecular complexity index is 527. The minimum atomic E-state index is -0.854. The average molecular weight is 302 g/mol. The Morgan fingerprint density at radius 2 is 2.35 bits per heavy atom. The molecule has 1 fully saturated rings. The first kappa shape index (κ1) is 10.9. The molecule has 0 aliphatic carbocycles. The molecule has 1 aliphatic rings. The highest BCUT2D eigenvalue weighted by molar-refractivity contribution is 9.10. The van der Waals surface area contributed by atoms with Crippen molar-refractivity contribution in [3.63, 3.8) is 0 Å². The van der Waals surface area contributed by atoms with E-state index in [2.05, 4.69) is 31.4 Å². The van der Waals surface area contributed by atoms with Gasteiger partial charge in [0.15, 0.2) is 10.4 Å². The number of alkyl halides is 1. The first-order valence-electron chi connectivity index (χ1n) is 5.19. The van der Waals surface area contributed by atoms with Crippen molar-refractivity contribution in [3.8, 4) is 11.6 Å². The van der Waals surface area contributed by atoms with Crippen LogP contribution in [0.25, 0.3) is 11.6 Å². The van der Waals surface area contributed by atoms with Gasteiger partial charge in [-0.05, 0) is 28.1 Å². The lowest BCUT2D eigenvalue weighted by Gasteiger charge is -2.00. The quantitative estimate of drug-likeness (QED) is 0.923. The van der Waals surface area contributed by atoms with E-state index in [9.17, 15) is 4.39 Å². The highest BCUT2D eigenvalue weighted by Gasteiger charge is 2.29. The van der Waals surface area contributed by atoms with Crippen LogP contribution in [0.2, 0.25) is 0 Å². The van der Waals surface area contributed by atoms with Crippen LogP contribution in [0.1, 0.15) is 18.4 Å². The molecule has 5 nitrogen and oxygen atoms in total. The monoisotopic (exact) mass is 301 g/mol. The number of nitrogens with one attached hydrogen (secondary N) is 1. The lowest BCUT2D eigenvalue weighted by molar-refractivity contribution is 0.324. The number of halogens is 2. The Kier molecular flexibility index (Phi) is 2.71. The zero-order chi connectivity index (χ0) is 11.8. The maximum absolute atomic E-state index is 13.0. The van der Waals surface area contributed by atoms with Crippen molar-refractivity contribution in [2.24, 2.45) is 0 Å². The lowest BCUT2D eigenvalue weighted by atomic mass is 10.2.